The van der Waals surface area contributed by atoms with Crippen LogP contribution in [0.5, 0.6) is 11.5 Å². The highest BCUT2D eigenvalue weighted by Gasteiger charge is 2.34. The summed E-state index contributed by atoms with van der Waals surface area (Å²) < 4.78 is 12.2. The van der Waals surface area contributed by atoms with E-state index in [1.54, 1.807) is 30.0 Å². The fourth-order valence-corrected chi connectivity index (χ4v) is 3.83. The van der Waals surface area contributed by atoms with Gasteiger partial charge >= 0.3 is 0 Å². The average molecular weight is 461 g/mol. The second-order valence-corrected chi connectivity index (χ2v) is 7.45. The lowest BCUT2D eigenvalue weighted by molar-refractivity contribution is -0.122. The molecule has 0 unspecified atom stereocenters. The van der Waals surface area contributed by atoms with Crippen molar-refractivity contribution in [2.75, 3.05) is 20.7 Å². The predicted molar refractivity (Wildman–Crippen MR) is 117 cm³/mol. The Bertz CT molecular complexity index is 931. The van der Waals surface area contributed by atoms with Gasteiger partial charge in [0.25, 0.3) is 5.91 Å². The van der Waals surface area contributed by atoms with Gasteiger partial charge in [-0.3, -0.25) is 9.69 Å². The molecule has 1 aliphatic heterocycles. The van der Waals surface area contributed by atoms with Gasteiger partial charge in [-0.2, -0.15) is 0 Å². The molecule has 0 aromatic heterocycles. The fourth-order valence-electron chi connectivity index (χ4n) is 2.94. The maximum absolute atomic E-state index is 12.6. The van der Waals surface area contributed by atoms with Gasteiger partial charge in [0.05, 0.1) is 11.6 Å². The molecular formula is C21H21BrN2O3S. The molecule has 0 radical (unpaired) electrons. The number of methoxy groups -OCH3 is 1. The molecule has 0 bridgehead atoms. The highest BCUT2D eigenvalue weighted by molar-refractivity contribution is 9.10. The Morgan fingerprint density at radius 2 is 1.93 bits per heavy atom. The number of amides is 1. The molecule has 28 heavy (non-hydrogen) atoms. The first-order valence-electron chi connectivity index (χ1n) is 8.81. The maximum atomic E-state index is 12.6. The second-order valence-electron chi connectivity index (χ2n) is 6.23. The predicted octanol–water partition coefficient (Wildman–Crippen LogP) is 4.46. The minimum atomic E-state index is -0.102. The molecule has 1 heterocycles. The molecule has 0 atom stereocenters. The van der Waals surface area contributed by atoms with Crippen molar-refractivity contribution in [1.82, 2.24) is 9.80 Å². The van der Waals surface area contributed by atoms with Gasteiger partial charge in [-0.25, -0.2) is 0 Å². The van der Waals surface area contributed by atoms with Gasteiger partial charge in [0.1, 0.15) is 12.3 Å². The largest absolute Gasteiger partial charge is 0.493 e. The summed E-state index contributed by atoms with van der Waals surface area (Å²) in [5.74, 6) is 1.10. The molecule has 1 saturated heterocycles. The van der Waals surface area contributed by atoms with Crippen LogP contribution >= 0.6 is 28.1 Å². The lowest BCUT2D eigenvalue weighted by Crippen LogP contribution is -2.30. The molecule has 1 aliphatic rings. The summed E-state index contributed by atoms with van der Waals surface area (Å²) in [6.07, 6.45) is 1.80. The van der Waals surface area contributed by atoms with E-state index >= 15 is 0 Å². The molecule has 3 rings (SSSR count). The van der Waals surface area contributed by atoms with Crippen molar-refractivity contribution >= 4 is 45.2 Å². The molecule has 1 fully saturated rings. The number of hydrogen-bond donors (Lipinski definition) is 0. The normalized spacial score (nSPS) is 15.5. The summed E-state index contributed by atoms with van der Waals surface area (Å²) in [5, 5.41) is 0.507. The number of thiocarbonyl (C=S) groups is 1. The van der Waals surface area contributed by atoms with Gasteiger partial charge in [0, 0.05) is 13.6 Å². The van der Waals surface area contributed by atoms with Gasteiger partial charge < -0.3 is 14.4 Å². The smallest absolute Gasteiger partial charge is 0.276 e. The van der Waals surface area contributed by atoms with Crippen LogP contribution in [0.2, 0.25) is 0 Å². The van der Waals surface area contributed by atoms with E-state index in [4.69, 9.17) is 21.7 Å². The molecule has 5 nitrogen and oxygen atoms in total. The monoisotopic (exact) mass is 460 g/mol. The summed E-state index contributed by atoms with van der Waals surface area (Å²) in [4.78, 5) is 15.9. The number of halogens is 1. The van der Waals surface area contributed by atoms with Crippen molar-refractivity contribution < 1.29 is 14.3 Å². The van der Waals surface area contributed by atoms with Crippen LogP contribution in [-0.4, -0.2) is 41.5 Å². The number of carbonyl (C=O) groups excluding carboxylic acids is 1. The zero-order valence-electron chi connectivity index (χ0n) is 15.9. The highest BCUT2D eigenvalue weighted by atomic mass is 79.9. The third-order valence-corrected chi connectivity index (χ3v) is 5.52. The van der Waals surface area contributed by atoms with Crippen LogP contribution < -0.4 is 9.47 Å². The fraction of sp³-hybridized carbons (Fsp3) is 0.238. The van der Waals surface area contributed by atoms with E-state index in [0.29, 0.717) is 35.5 Å². The number of ether oxygens (including phenoxy) is 2. The molecule has 1 amide bonds. The second kappa shape index (κ2) is 8.75. The number of carbonyl (C=O) groups is 1. The van der Waals surface area contributed by atoms with Gasteiger partial charge in [-0.15, -0.1) is 0 Å². The molecule has 0 N–H and O–H groups in total. The third-order valence-electron chi connectivity index (χ3n) is 4.44. The van der Waals surface area contributed by atoms with Crippen LogP contribution in [0.3, 0.4) is 0 Å². The van der Waals surface area contributed by atoms with Crippen molar-refractivity contribution in [2.24, 2.45) is 0 Å². The Morgan fingerprint density at radius 3 is 2.54 bits per heavy atom. The van der Waals surface area contributed by atoms with Crippen LogP contribution in [0.25, 0.3) is 6.08 Å². The minimum absolute atomic E-state index is 0.102. The van der Waals surface area contributed by atoms with E-state index in [9.17, 15) is 4.79 Å². The first-order chi connectivity index (χ1) is 13.5. The van der Waals surface area contributed by atoms with Gasteiger partial charge in [-0.1, -0.05) is 30.3 Å². The van der Waals surface area contributed by atoms with Crippen LogP contribution in [0.15, 0.2) is 52.6 Å². The van der Waals surface area contributed by atoms with Crippen molar-refractivity contribution in [2.45, 2.75) is 13.5 Å². The summed E-state index contributed by atoms with van der Waals surface area (Å²) in [7, 11) is 3.39. The molecule has 2 aromatic carbocycles. The summed E-state index contributed by atoms with van der Waals surface area (Å²) in [6.45, 7) is 2.87. The molecule has 0 aliphatic carbocycles. The number of rotatable bonds is 6. The van der Waals surface area contributed by atoms with Crippen LogP contribution in [0.1, 0.15) is 18.1 Å². The Labute approximate surface area is 178 Å². The zero-order chi connectivity index (χ0) is 20.3. The molecule has 2 aromatic rings. The SMILES string of the molecule is CCN1C(=O)/C(=C/c2cc(Br)c(OCc3ccccc3)c(OC)c2)N(C)C1=S. The maximum Gasteiger partial charge on any atom is 0.276 e. The van der Waals surface area contributed by atoms with Crippen LogP contribution in [0.4, 0.5) is 0 Å². The molecular weight excluding hydrogens is 440 g/mol. The van der Waals surface area contributed by atoms with E-state index in [1.807, 2.05) is 49.4 Å². The quantitative estimate of drug-likeness (QED) is 0.470. The van der Waals surface area contributed by atoms with Crippen LogP contribution in [-0.2, 0) is 11.4 Å². The van der Waals surface area contributed by atoms with Crippen molar-refractivity contribution in [3.05, 3.63) is 63.8 Å². The Kier molecular flexibility index (Phi) is 6.36. The molecule has 0 saturated carbocycles. The topological polar surface area (TPSA) is 42.0 Å². The van der Waals surface area contributed by atoms with E-state index < -0.39 is 0 Å². The number of nitrogens with zero attached hydrogens (tertiary/aromatic N) is 2. The number of benzene rings is 2. The van der Waals surface area contributed by atoms with Gasteiger partial charge in [0.15, 0.2) is 16.6 Å². The van der Waals surface area contributed by atoms with Gasteiger partial charge in [-0.05, 0) is 64.4 Å². The first-order valence-corrected chi connectivity index (χ1v) is 10.0. The Hall–Kier alpha value is -2.38. The summed E-state index contributed by atoms with van der Waals surface area (Å²) in [5.41, 5.74) is 2.40. The van der Waals surface area contributed by atoms with Crippen molar-refractivity contribution in [1.29, 1.82) is 0 Å². The standard InChI is InChI=1S/C21H21BrN2O3S/c1-4-24-20(25)17(23(2)21(24)28)11-15-10-16(22)19(18(12-15)26-3)27-13-14-8-6-5-7-9-14/h5-12H,4,13H2,1-3H3/b17-11-. The first kappa shape index (κ1) is 20.4. The van der Waals surface area contributed by atoms with Crippen molar-refractivity contribution in [3.63, 3.8) is 0 Å². The van der Waals surface area contributed by atoms with E-state index in [2.05, 4.69) is 15.9 Å². The molecule has 0 spiro atoms. The number of hydrogen-bond acceptors (Lipinski definition) is 4. The van der Waals surface area contributed by atoms with E-state index in [0.717, 1.165) is 15.6 Å². The lowest BCUT2D eigenvalue weighted by Gasteiger charge is -2.15. The average Bonchev–Trinajstić information content (AvgIpc) is 2.90. The summed E-state index contributed by atoms with van der Waals surface area (Å²) >= 11 is 8.91. The Balaban J connectivity index is 1.89. The molecule has 146 valence electrons. The van der Waals surface area contributed by atoms with E-state index in [1.165, 1.54) is 0 Å². The highest BCUT2D eigenvalue weighted by Crippen LogP contribution is 2.38. The minimum Gasteiger partial charge on any atom is -0.493 e. The van der Waals surface area contributed by atoms with E-state index in [-0.39, 0.29) is 5.91 Å². The zero-order valence-corrected chi connectivity index (χ0v) is 18.3. The van der Waals surface area contributed by atoms with Gasteiger partial charge in [0.2, 0.25) is 0 Å². The van der Waals surface area contributed by atoms with Crippen LogP contribution in [0, 0.1) is 0 Å². The molecule has 7 heteroatoms. The lowest BCUT2D eigenvalue weighted by atomic mass is 10.1. The Morgan fingerprint density at radius 1 is 1.21 bits per heavy atom. The summed E-state index contributed by atoms with van der Waals surface area (Å²) in [6, 6.07) is 13.7. The third kappa shape index (κ3) is 4.05. The van der Waals surface area contributed by atoms with Crippen molar-refractivity contribution in [3.8, 4) is 11.5 Å². The number of likely N-dealkylation sites (N-methyl/N-ethyl adjacent to an activating group) is 2.